The van der Waals surface area contributed by atoms with Crippen LogP contribution in [0.2, 0.25) is 0 Å². The molecular weight excluding hydrogens is 208 g/mol. The summed E-state index contributed by atoms with van der Waals surface area (Å²) in [4.78, 5) is 12.6. The molecule has 15 heavy (non-hydrogen) atoms. The number of thiophene rings is 1. The van der Waals surface area contributed by atoms with Gasteiger partial charge in [0, 0.05) is 16.9 Å². The highest BCUT2D eigenvalue weighted by Crippen LogP contribution is 2.46. The van der Waals surface area contributed by atoms with Gasteiger partial charge in [-0.1, -0.05) is 26.5 Å². The molecule has 0 aliphatic carbocycles. The normalized spacial score (nSPS) is 26.1. The van der Waals surface area contributed by atoms with E-state index in [1.165, 1.54) is 0 Å². The van der Waals surface area contributed by atoms with Gasteiger partial charge in [-0.2, -0.15) is 0 Å². The van der Waals surface area contributed by atoms with Gasteiger partial charge in [0.05, 0.1) is 0 Å². The molecule has 1 aliphatic rings. The van der Waals surface area contributed by atoms with E-state index in [-0.39, 0.29) is 11.9 Å². The van der Waals surface area contributed by atoms with E-state index in [1.807, 2.05) is 17.5 Å². The first-order valence-corrected chi connectivity index (χ1v) is 5.89. The Morgan fingerprint density at radius 1 is 1.60 bits per heavy atom. The van der Waals surface area contributed by atoms with Crippen LogP contribution >= 0.6 is 11.3 Å². The van der Waals surface area contributed by atoms with Gasteiger partial charge >= 0.3 is 5.97 Å². The topological polar surface area (TPSA) is 26.3 Å². The number of rotatable bonds is 2. The molecule has 80 valence electrons. The van der Waals surface area contributed by atoms with E-state index >= 15 is 0 Å². The molecule has 2 heterocycles. The summed E-state index contributed by atoms with van der Waals surface area (Å²) < 4.78 is 5.54. The predicted molar refractivity (Wildman–Crippen MR) is 60.7 cm³/mol. The molecule has 0 saturated carbocycles. The summed E-state index contributed by atoms with van der Waals surface area (Å²) in [5.74, 6) is 0.0106. The van der Waals surface area contributed by atoms with Crippen LogP contribution in [0, 0.1) is 5.92 Å². The zero-order valence-electron chi connectivity index (χ0n) is 8.95. The van der Waals surface area contributed by atoms with Crippen molar-refractivity contribution < 1.29 is 9.53 Å². The first kappa shape index (κ1) is 10.4. The summed E-state index contributed by atoms with van der Waals surface area (Å²) in [6.07, 6.45) is 0.615. The minimum Gasteiger partial charge on any atom is -0.449 e. The van der Waals surface area contributed by atoms with Crippen molar-refractivity contribution in [2.24, 2.45) is 5.92 Å². The highest BCUT2D eigenvalue weighted by Gasteiger charge is 2.47. The maximum atomic E-state index is 11.5. The Morgan fingerprint density at radius 2 is 2.33 bits per heavy atom. The summed E-state index contributed by atoms with van der Waals surface area (Å²) in [5.41, 5.74) is 0.111. The molecule has 0 spiro atoms. The number of carbonyl (C=O) groups is 1. The molecule has 1 saturated heterocycles. The van der Waals surface area contributed by atoms with E-state index in [1.54, 1.807) is 11.3 Å². The molecule has 2 rings (SSSR count). The molecule has 0 bridgehead atoms. The Kier molecular flexibility index (Phi) is 2.43. The van der Waals surface area contributed by atoms with Gasteiger partial charge in [-0.3, -0.25) is 0 Å². The first-order chi connectivity index (χ1) is 7.06. The van der Waals surface area contributed by atoms with Crippen molar-refractivity contribution in [3.05, 3.63) is 34.5 Å². The maximum absolute atomic E-state index is 11.5. The predicted octanol–water partition coefficient (Wildman–Crippen LogP) is 3.10. The van der Waals surface area contributed by atoms with Gasteiger partial charge in [-0.15, -0.1) is 11.3 Å². The summed E-state index contributed by atoms with van der Waals surface area (Å²) >= 11 is 1.63. The molecular formula is C12H14O2S. The second-order valence-electron chi connectivity index (χ2n) is 4.19. The molecule has 1 atom stereocenters. The highest BCUT2D eigenvalue weighted by molar-refractivity contribution is 7.10. The molecule has 1 fully saturated rings. The number of cyclic esters (lactones) is 1. The van der Waals surface area contributed by atoms with Crippen LogP contribution in [0.3, 0.4) is 0 Å². The fourth-order valence-corrected chi connectivity index (χ4v) is 2.94. The number of esters is 1. The van der Waals surface area contributed by atoms with Gasteiger partial charge in [0.2, 0.25) is 0 Å². The summed E-state index contributed by atoms with van der Waals surface area (Å²) in [7, 11) is 0. The molecule has 0 radical (unpaired) electrons. The summed E-state index contributed by atoms with van der Waals surface area (Å²) in [6.45, 7) is 7.90. The minimum atomic E-state index is -0.470. The van der Waals surface area contributed by atoms with Crippen molar-refractivity contribution >= 4 is 17.3 Å². The Hall–Kier alpha value is -1.09. The SMILES string of the molecule is C=C1CC(c2cccs2)(C(C)C)OC1=O. The van der Waals surface area contributed by atoms with E-state index in [2.05, 4.69) is 20.4 Å². The van der Waals surface area contributed by atoms with Crippen LogP contribution in [0.25, 0.3) is 0 Å². The van der Waals surface area contributed by atoms with Crippen LogP contribution in [0.4, 0.5) is 0 Å². The van der Waals surface area contributed by atoms with Gasteiger partial charge in [0.1, 0.15) is 0 Å². The molecule has 0 amide bonds. The average molecular weight is 222 g/mol. The molecule has 0 aromatic carbocycles. The van der Waals surface area contributed by atoms with Crippen LogP contribution in [0.15, 0.2) is 29.7 Å². The lowest BCUT2D eigenvalue weighted by Gasteiger charge is -2.30. The molecule has 1 aliphatic heterocycles. The van der Waals surface area contributed by atoms with Crippen molar-refractivity contribution in [1.29, 1.82) is 0 Å². The van der Waals surface area contributed by atoms with Gasteiger partial charge in [-0.25, -0.2) is 4.79 Å². The first-order valence-electron chi connectivity index (χ1n) is 5.01. The van der Waals surface area contributed by atoms with Crippen LogP contribution in [-0.4, -0.2) is 5.97 Å². The Morgan fingerprint density at radius 3 is 2.73 bits per heavy atom. The third kappa shape index (κ3) is 1.51. The Bertz CT molecular complexity index is 374. The lowest BCUT2D eigenvalue weighted by atomic mass is 9.85. The number of ether oxygens (including phenoxy) is 1. The smallest absolute Gasteiger partial charge is 0.334 e. The third-order valence-corrected chi connectivity index (χ3v) is 3.94. The number of hydrogen-bond acceptors (Lipinski definition) is 3. The van der Waals surface area contributed by atoms with E-state index in [9.17, 15) is 4.79 Å². The average Bonchev–Trinajstić information content (AvgIpc) is 2.75. The molecule has 0 N–H and O–H groups in total. The van der Waals surface area contributed by atoms with E-state index in [0.717, 1.165) is 4.88 Å². The lowest BCUT2D eigenvalue weighted by Crippen LogP contribution is -2.30. The maximum Gasteiger partial charge on any atom is 0.334 e. The van der Waals surface area contributed by atoms with E-state index < -0.39 is 5.60 Å². The van der Waals surface area contributed by atoms with Crippen LogP contribution in [0.1, 0.15) is 25.1 Å². The van der Waals surface area contributed by atoms with Crippen molar-refractivity contribution in [2.75, 3.05) is 0 Å². The van der Waals surface area contributed by atoms with Gasteiger partial charge in [0.15, 0.2) is 5.60 Å². The van der Waals surface area contributed by atoms with Crippen LogP contribution < -0.4 is 0 Å². The summed E-state index contributed by atoms with van der Waals surface area (Å²) in [6, 6.07) is 4.01. The molecule has 2 nitrogen and oxygen atoms in total. The Balaban J connectivity index is 2.44. The van der Waals surface area contributed by atoms with Crippen LogP contribution in [0.5, 0.6) is 0 Å². The fraction of sp³-hybridized carbons (Fsp3) is 0.417. The minimum absolute atomic E-state index is 0.253. The largest absolute Gasteiger partial charge is 0.449 e. The van der Waals surface area contributed by atoms with Crippen molar-refractivity contribution in [2.45, 2.75) is 25.9 Å². The molecule has 1 aromatic rings. The molecule has 1 unspecified atom stereocenters. The zero-order chi connectivity index (χ0) is 11.1. The quantitative estimate of drug-likeness (QED) is 0.567. The standard InChI is InChI=1S/C12H14O2S/c1-8(2)12(10-5-4-6-15-10)7-9(3)11(13)14-12/h4-6,8H,3,7H2,1-2H3. The molecule has 1 aromatic heterocycles. The fourth-order valence-electron chi connectivity index (χ4n) is 1.93. The monoisotopic (exact) mass is 222 g/mol. The van der Waals surface area contributed by atoms with Gasteiger partial charge in [-0.05, 0) is 17.4 Å². The van der Waals surface area contributed by atoms with Crippen molar-refractivity contribution in [1.82, 2.24) is 0 Å². The number of carbonyl (C=O) groups excluding carboxylic acids is 1. The van der Waals surface area contributed by atoms with E-state index in [4.69, 9.17) is 4.74 Å². The second kappa shape index (κ2) is 3.49. The van der Waals surface area contributed by atoms with Crippen molar-refractivity contribution in [3.63, 3.8) is 0 Å². The zero-order valence-corrected chi connectivity index (χ0v) is 9.76. The lowest BCUT2D eigenvalue weighted by molar-refractivity contribution is -0.151. The number of hydrogen-bond donors (Lipinski definition) is 0. The van der Waals surface area contributed by atoms with Gasteiger partial charge < -0.3 is 4.74 Å². The second-order valence-corrected chi connectivity index (χ2v) is 5.14. The Labute approximate surface area is 93.6 Å². The highest BCUT2D eigenvalue weighted by atomic mass is 32.1. The van der Waals surface area contributed by atoms with E-state index in [0.29, 0.717) is 12.0 Å². The van der Waals surface area contributed by atoms with Crippen molar-refractivity contribution in [3.8, 4) is 0 Å². The molecule has 3 heteroatoms. The third-order valence-electron chi connectivity index (χ3n) is 2.91. The van der Waals surface area contributed by atoms with Crippen LogP contribution in [-0.2, 0) is 15.1 Å². The van der Waals surface area contributed by atoms with Gasteiger partial charge in [0.25, 0.3) is 0 Å². The summed E-state index contributed by atoms with van der Waals surface area (Å²) in [5, 5.41) is 2.01.